The number of fused-ring (bicyclic) bond motifs is 1. The molecule has 0 saturated carbocycles. The maximum Gasteiger partial charge on any atom is 0.321 e. The van der Waals surface area contributed by atoms with Crippen molar-refractivity contribution in [1.29, 1.82) is 5.26 Å². The summed E-state index contributed by atoms with van der Waals surface area (Å²) in [4.78, 5) is 21.1. The molecule has 0 spiro atoms. The highest BCUT2D eigenvalue weighted by Crippen LogP contribution is 2.25. The van der Waals surface area contributed by atoms with E-state index in [-0.39, 0.29) is 6.03 Å². The Balaban J connectivity index is 1.41. The van der Waals surface area contributed by atoms with E-state index in [1.165, 1.54) is 0 Å². The molecule has 4 rings (SSSR count). The lowest BCUT2D eigenvalue weighted by Gasteiger charge is -2.36. The average Bonchev–Trinajstić information content (AvgIpc) is 2.74. The molecule has 0 bridgehead atoms. The molecule has 2 amide bonds. The van der Waals surface area contributed by atoms with Crippen molar-refractivity contribution in [3.05, 3.63) is 66.4 Å². The van der Waals surface area contributed by atoms with E-state index < -0.39 is 0 Å². The smallest absolute Gasteiger partial charge is 0.321 e. The van der Waals surface area contributed by atoms with Crippen LogP contribution in [0.3, 0.4) is 0 Å². The van der Waals surface area contributed by atoms with Crippen LogP contribution >= 0.6 is 0 Å². The first-order chi connectivity index (χ1) is 13.2. The number of amides is 2. The number of piperazine rings is 1. The van der Waals surface area contributed by atoms with Crippen LogP contribution in [-0.2, 0) is 0 Å². The largest absolute Gasteiger partial charge is 0.366 e. The molecule has 1 N–H and O–H groups in total. The van der Waals surface area contributed by atoms with Crippen molar-refractivity contribution in [3.63, 3.8) is 0 Å². The molecular formula is C21H19N5O. The van der Waals surface area contributed by atoms with Crippen molar-refractivity contribution in [2.24, 2.45) is 0 Å². The highest BCUT2D eigenvalue weighted by Gasteiger charge is 2.22. The molecule has 3 aromatic rings. The van der Waals surface area contributed by atoms with Crippen LogP contribution in [0, 0.1) is 11.3 Å². The van der Waals surface area contributed by atoms with Gasteiger partial charge in [0.2, 0.25) is 0 Å². The Bertz CT molecular complexity index is 996. The molecule has 1 aromatic heterocycles. The molecule has 134 valence electrons. The standard InChI is InChI=1S/C21H19N5O/c22-15-16-6-8-18(9-7-16)24-21(27)26-13-11-25(12-14-26)19-5-1-3-17-4-2-10-23-20(17)19/h1-10H,11-14H2,(H,24,27). The fraction of sp³-hybridized carbons (Fsp3) is 0.190. The highest BCUT2D eigenvalue weighted by atomic mass is 16.2. The summed E-state index contributed by atoms with van der Waals surface area (Å²) in [6, 6.07) is 19.0. The number of urea groups is 1. The maximum atomic E-state index is 12.5. The van der Waals surface area contributed by atoms with E-state index in [2.05, 4.69) is 39.5 Å². The molecule has 1 fully saturated rings. The van der Waals surface area contributed by atoms with Crippen LogP contribution < -0.4 is 10.2 Å². The summed E-state index contributed by atoms with van der Waals surface area (Å²) >= 11 is 0. The quantitative estimate of drug-likeness (QED) is 0.762. The van der Waals surface area contributed by atoms with Gasteiger partial charge in [-0.15, -0.1) is 0 Å². The minimum atomic E-state index is -0.115. The van der Waals surface area contributed by atoms with Gasteiger partial charge in [-0.1, -0.05) is 18.2 Å². The van der Waals surface area contributed by atoms with Gasteiger partial charge < -0.3 is 15.1 Å². The number of hydrogen-bond acceptors (Lipinski definition) is 4. The van der Waals surface area contributed by atoms with E-state index in [0.717, 1.165) is 29.7 Å². The number of nitrogens with one attached hydrogen (secondary N) is 1. The lowest BCUT2D eigenvalue weighted by Crippen LogP contribution is -2.50. The Kier molecular flexibility index (Phi) is 4.58. The minimum Gasteiger partial charge on any atom is -0.366 e. The van der Waals surface area contributed by atoms with Gasteiger partial charge >= 0.3 is 6.03 Å². The van der Waals surface area contributed by atoms with E-state index in [4.69, 9.17) is 5.26 Å². The Morgan fingerprint density at radius 1 is 1.00 bits per heavy atom. The van der Waals surface area contributed by atoms with E-state index in [1.807, 2.05) is 23.2 Å². The molecule has 1 aliphatic rings. The zero-order chi connectivity index (χ0) is 18.6. The molecule has 6 heteroatoms. The number of nitriles is 1. The van der Waals surface area contributed by atoms with Crippen LogP contribution in [0.1, 0.15) is 5.56 Å². The van der Waals surface area contributed by atoms with Crippen molar-refractivity contribution in [2.45, 2.75) is 0 Å². The van der Waals surface area contributed by atoms with E-state index >= 15 is 0 Å². The summed E-state index contributed by atoms with van der Waals surface area (Å²) in [5.41, 5.74) is 3.38. The fourth-order valence-electron chi connectivity index (χ4n) is 3.32. The topological polar surface area (TPSA) is 72.3 Å². The van der Waals surface area contributed by atoms with Crippen molar-refractivity contribution in [2.75, 3.05) is 36.4 Å². The van der Waals surface area contributed by atoms with Gasteiger partial charge in [0.15, 0.2) is 0 Å². The number of rotatable bonds is 2. The third-order valence-electron chi connectivity index (χ3n) is 4.78. The van der Waals surface area contributed by atoms with Crippen LogP contribution in [0.5, 0.6) is 0 Å². The van der Waals surface area contributed by atoms with Gasteiger partial charge in [-0.3, -0.25) is 4.98 Å². The summed E-state index contributed by atoms with van der Waals surface area (Å²) in [6.45, 7) is 2.81. The monoisotopic (exact) mass is 357 g/mol. The number of carbonyl (C=O) groups excluding carboxylic acids is 1. The molecule has 6 nitrogen and oxygen atoms in total. The molecule has 2 heterocycles. The SMILES string of the molecule is N#Cc1ccc(NC(=O)N2CCN(c3cccc4cccnc34)CC2)cc1. The van der Waals surface area contributed by atoms with Crippen molar-refractivity contribution >= 4 is 28.3 Å². The first-order valence-corrected chi connectivity index (χ1v) is 8.89. The van der Waals surface area contributed by atoms with Crippen molar-refractivity contribution in [1.82, 2.24) is 9.88 Å². The van der Waals surface area contributed by atoms with Gasteiger partial charge in [-0.25, -0.2) is 4.79 Å². The van der Waals surface area contributed by atoms with Gasteiger partial charge in [0.05, 0.1) is 22.8 Å². The lowest BCUT2D eigenvalue weighted by atomic mass is 10.1. The second kappa shape index (κ2) is 7.34. The van der Waals surface area contributed by atoms with Gasteiger partial charge in [-0.05, 0) is 36.4 Å². The zero-order valence-electron chi connectivity index (χ0n) is 14.8. The van der Waals surface area contributed by atoms with Crippen LogP contribution in [0.15, 0.2) is 60.8 Å². The summed E-state index contributed by atoms with van der Waals surface area (Å²) < 4.78 is 0. The predicted octanol–water partition coefficient (Wildman–Crippen LogP) is 3.46. The number of anilines is 2. The second-order valence-corrected chi connectivity index (χ2v) is 6.45. The first-order valence-electron chi connectivity index (χ1n) is 8.89. The number of para-hydroxylation sites is 1. The fourth-order valence-corrected chi connectivity index (χ4v) is 3.32. The summed E-state index contributed by atoms with van der Waals surface area (Å²) in [5, 5.41) is 12.9. The van der Waals surface area contributed by atoms with Gasteiger partial charge in [0.25, 0.3) is 0 Å². The van der Waals surface area contributed by atoms with E-state index in [0.29, 0.717) is 24.3 Å². The van der Waals surface area contributed by atoms with Gasteiger partial charge in [0, 0.05) is 43.4 Å². The number of carbonyl (C=O) groups is 1. The van der Waals surface area contributed by atoms with Gasteiger partial charge in [0.1, 0.15) is 0 Å². The van der Waals surface area contributed by atoms with Crippen molar-refractivity contribution < 1.29 is 4.79 Å². The molecule has 0 aliphatic carbocycles. The Morgan fingerprint density at radius 2 is 1.74 bits per heavy atom. The summed E-state index contributed by atoms with van der Waals surface area (Å²) in [7, 11) is 0. The molecule has 27 heavy (non-hydrogen) atoms. The molecule has 1 aliphatic heterocycles. The van der Waals surface area contributed by atoms with Crippen LogP contribution in [0.4, 0.5) is 16.2 Å². The summed E-state index contributed by atoms with van der Waals surface area (Å²) in [5.74, 6) is 0. The van der Waals surface area contributed by atoms with E-state index in [9.17, 15) is 4.79 Å². The Labute approximate surface area is 157 Å². The normalized spacial score (nSPS) is 14.0. The molecule has 2 aromatic carbocycles. The molecule has 0 atom stereocenters. The number of pyridine rings is 1. The first kappa shape index (κ1) is 16.9. The van der Waals surface area contributed by atoms with E-state index in [1.54, 1.807) is 24.3 Å². The third-order valence-corrected chi connectivity index (χ3v) is 4.78. The molecular weight excluding hydrogens is 338 g/mol. The number of nitrogens with zero attached hydrogens (tertiary/aromatic N) is 4. The third kappa shape index (κ3) is 3.53. The van der Waals surface area contributed by atoms with Crippen LogP contribution in [-0.4, -0.2) is 42.1 Å². The van der Waals surface area contributed by atoms with Gasteiger partial charge in [-0.2, -0.15) is 5.26 Å². The zero-order valence-corrected chi connectivity index (χ0v) is 14.8. The molecule has 0 unspecified atom stereocenters. The van der Waals surface area contributed by atoms with Crippen molar-refractivity contribution in [3.8, 4) is 6.07 Å². The molecule has 0 radical (unpaired) electrons. The lowest BCUT2D eigenvalue weighted by molar-refractivity contribution is 0.208. The second-order valence-electron chi connectivity index (χ2n) is 6.45. The van der Waals surface area contributed by atoms with Crippen LogP contribution in [0.25, 0.3) is 10.9 Å². The molecule has 1 saturated heterocycles. The predicted molar refractivity (Wildman–Crippen MR) is 106 cm³/mol. The average molecular weight is 357 g/mol. The minimum absolute atomic E-state index is 0.115. The Morgan fingerprint density at radius 3 is 2.48 bits per heavy atom. The Hall–Kier alpha value is -3.59. The van der Waals surface area contributed by atoms with Crippen LogP contribution in [0.2, 0.25) is 0 Å². The number of benzene rings is 2. The highest BCUT2D eigenvalue weighted by molar-refractivity contribution is 5.91. The number of hydrogen-bond donors (Lipinski definition) is 1. The maximum absolute atomic E-state index is 12.5. The number of aromatic nitrogens is 1. The summed E-state index contributed by atoms with van der Waals surface area (Å²) in [6.07, 6.45) is 1.81.